The molecule has 0 aliphatic rings. The number of rotatable bonds is 5. The molecule has 0 saturated heterocycles. The fourth-order valence-electron chi connectivity index (χ4n) is 2.75. The number of carbonyl (C=O) groups is 1. The van der Waals surface area contributed by atoms with Gasteiger partial charge in [-0.3, -0.25) is 14.6 Å². The highest BCUT2D eigenvalue weighted by atomic mass is 16.1. The zero-order valence-corrected chi connectivity index (χ0v) is 14.8. The van der Waals surface area contributed by atoms with E-state index in [0.717, 1.165) is 17.0 Å². The Morgan fingerprint density at radius 3 is 2.78 bits per heavy atom. The highest BCUT2D eigenvalue weighted by Crippen LogP contribution is 2.19. The summed E-state index contributed by atoms with van der Waals surface area (Å²) in [6.07, 6.45) is 3.31. The van der Waals surface area contributed by atoms with Gasteiger partial charge in [-0.2, -0.15) is 10.2 Å². The Kier molecular flexibility index (Phi) is 4.49. The predicted octanol–water partition coefficient (Wildman–Crippen LogP) is 3.28. The van der Waals surface area contributed by atoms with E-state index in [2.05, 4.69) is 25.6 Å². The molecule has 2 N–H and O–H groups in total. The van der Waals surface area contributed by atoms with Gasteiger partial charge < -0.3 is 5.32 Å². The van der Waals surface area contributed by atoms with E-state index in [1.54, 1.807) is 17.1 Å². The Bertz CT molecular complexity index is 1070. The van der Waals surface area contributed by atoms with Gasteiger partial charge >= 0.3 is 0 Å². The minimum absolute atomic E-state index is 0.211. The first-order chi connectivity index (χ1) is 13.2. The standard InChI is InChI=1S/C20H18N6O/c1-14-22-19(25-24-14)16-8-5-9-18(10-16)23-20(27)17-11-21-26(13-17)12-15-6-3-2-4-7-15/h2-11,13H,12H2,1H3,(H,23,27)(H,22,24,25). The number of benzene rings is 2. The molecule has 0 spiro atoms. The average Bonchev–Trinajstić information content (AvgIpc) is 3.32. The Hall–Kier alpha value is -3.74. The minimum Gasteiger partial charge on any atom is -0.322 e. The number of amides is 1. The van der Waals surface area contributed by atoms with Gasteiger partial charge in [0.2, 0.25) is 0 Å². The second-order valence-corrected chi connectivity index (χ2v) is 6.19. The monoisotopic (exact) mass is 358 g/mol. The molecule has 0 radical (unpaired) electrons. The van der Waals surface area contributed by atoms with E-state index >= 15 is 0 Å². The number of carbonyl (C=O) groups excluding carboxylic acids is 1. The number of nitrogens with one attached hydrogen (secondary N) is 2. The van der Waals surface area contributed by atoms with Gasteiger partial charge in [0, 0.05) is 17.4 Å². The molecule has 27 heavy (non-hydrogen) atoms. The van der Waals surface area contributed by atoms with Crippen LogP contribution in [0.25, 0.3) is 11.4 Å². The molecule has 7 heteroatoms. The summed E-state index contributed by atoms with van der Waals surface area (Å²) in [6.45, 7) is 2.46. The van der Waals surface area contributed by atoms with Crippen molar-refractivity contribution in [3.63, 3.8) is 0 Å². The van der Waals surface area contributed by atoms with Crippen LogP contribution < -0.4 is 5.32 Å². The van der Waals surface area contributed by atoms with E-state index in [1.165, 1.54) is 0 Å². The van der Waals surface area contributed by atoms with Crippen LogP contribution in [0.3, 0.4) is 0 Å². The largest absolute Gasteiger partial charge is 0.322 e. The molecule has 4 rings (SSSR count). The number of hydrogen-bond donors (Lipinski definition) is 2. The minimum atomic E-state index is -0.211. The third-order valence-electron chi connectivity index (χ3n) is 4.06. The van der Waals surface area contributed by atoms with E-state index in [0.29, 0.717) is 23.6 Å². The van der Waals surface area contributed by atoms with E-state index in [1.807, 2.05) is 61.5 Å². The molecule has 4 aromatic rings. The summed E-state index contributed by atoms with van der Waals surface area (Å²) in [4.78, 5) is 16.8. The number of H-pyrrole nitrogens is 1. The third kappa shape index (κ3) is 3.92. The summed E-state index contributed by atoms with van der Waals surface area (Å²) >= 11 is 0. The van der Waals surface area contributed by atoms with Crippen molar-refractivity contribution in [3.05, 3.63) is 83.9 Å². The number of nitrogens with zero attached hydrogens (tertiary/aromatic N) is 4. The summed E-state index contributed by atoms with van der Waals surface area (Å²) in [5.41, 5.74) is 3.14. The number of aromatic nitrogens is 5. The molecule has 2 aromatic heterocycles. The fraction of sp³-hybridized carbons (Fsp3) is 0.100. The first-order valence-electron chi connectivity index (χ1n) is 8.54. The highest BCUT2D eigenvalue weighted by molar-refractivity contribution is 6.04. The van der Waals surface area contributed by atoms with Gasteiger partial charge in [0.25, 0.3) is 5.91 Å². The molecule has 2 heterocycles. The Balaban J connectivity index is 1.46. The van der Waals surface area contributed by atoms with Gasteiger partial charge in [-0.05, 0) is 24.6 Å². The number of hydrogen-bond acceptors (Lipinski definition) is 4. The molecular weight excluding hydrogens is 340 g/mol. The first kappa shape index (κ1) is 16.7. The molecule has 0 aliphatic carbocycles. The van der Waals surface area contributed by atoms with E-state index in [-0.39, 0.29) is 5.91 Å². The van der Waals surface area contributed by atoms with Gasteiger partial charge in [-0.25, -0.2) is 4.98 Å². The molecule has 1 amide bonds. The van der Waals surface area contributed by atoms with E-state index < -0.39 is 0 Å². The van der Waals surface area contributed by atoms with Crippen molar-refractivity contribution in [2.45, 2.75) is 13.5 Å². The zero-order valence-electron chi connectivity index (χ0n) is 14.8. The maximum Gasteiger partial charge on any atom is 0.258 e. The van der Waals surface area contributed by atoms with Crippen molar-refractivity contribution >= 4 is 11.6 Å². The van der Waals surface area contributed by atoms with Crippen LogP contribution in [-0.4, -0.2) is 30.9 Å². The van der Waals surface area contributed by atoms with Crippen LogP contribution >= 0.6 is 0 Å². The molecule has 0 fully saturated rings. The van der Waals surface area contributed by atoms with Crippen molar-refractivity contribution in [2.24, 2.45) is 0 Å². The Morgan fingerprint density at radius 2 is 2.00 bits per heavy atom. The maximum atomic E-state index is 12.5. The van der Waals surface area contributed by atoms with Crippen LogP contribution in [0.4, 0.5) is 5.69 Å². The van der Waals surface area contributed by atoms with Crippen molar-refractivity contribution in [1.82, 2.24) is 25.0 Å². The zero-order chi connectivity index (χ0) is 18.6. The van der Waals surface area contributed by atoms with Crippen LogP contribution in [-0.2, 0) is 6.54 Å². The number of anilines is 1. The Morgan fingerprint density at radius 1 is 1.15 bits per heavy atom. The molecule has 2 aromatic carbocycles. The lowest BCUT2D eigenvalue weighted by molar-refractivity contribution is 0.102. The van der Waals surface area contributed by atoms with E-state index in [9.17, 15) is 4.79 Å². The molecule has 7 nitrogen and oxygen atoms in total. The van der Waals surface area contributed by atoms with Crippen molar-refractivity contribution < 1.29 is 4.79 Å². The van der Waals surface area contributed by atoms with Gasteiger partial charge in [-0.15, -0.1) is 0 Å². The normalized spacial score (nSPS) is 10.7. The van der Waals surface area contributed by atoms with Gasteiger partial charge in [0.1, 0.15) is 5.82 Å². The summed E-state index contributed by atoms with van der Waals surface area (Å²) in [7, 11) is 0. The second-order valence-electron chi connectivity index (χ2n) is 6.19. The van der Waals surface area contributed by atoms with Crippen molar-refractivity contribution in [3.8, 4) is 11.4 Å². The van der Waals surface area contributed by atoms with E-state index in [4.69, 9.17) is 0 Å². The van der Waals surface area contributed by atoms with Gasteiger partial charge in [-0.1, -0.05) is 42.5 Å². The van der Waals surface area contributed by atoms with Crippen LogP contribution in [0.5, 0.6) is 0 Å². The van der Waals surface area contributed by atoms with Gasteiger partial charge in [0.15, 0.2) is 5.82 Å². The summed E-state index contributed by atoms with van der Waals surface area (Å²) < 4.78 is 1.75. The SMILES string of the molecule is Cc1nc(-c2cccc(NC(=O)c3cnn(Cc4ccccc4)c3)c2)n[nH]1. The maximum absolute atomic E-state index is 12.5. The molecular formula is C20H18N6O. The molecule has 0 bridgehead atoms. The topological polar surface area (TPSA) is 88.5 Å². The smallest absolute Gasteiger partial charge is 0.258 e. The van der Waals surface area contributed by atoms with Gasteiger partial charge in [0.05, 0.1) is 18.3 Å². The Labute approximate surface area is 156 Å². The third-order valence-corrected chi connectivity index (χ3v) is 4.06. The average molecular weight is 358 g/mol. The fourth-order valence-corrected chi connectivity index (χ4v) is 2.75. The van der Waals surface area contributed by atoms with Crippen LogP contribution in [0.2, 0.25) is 0 Å². The molecule has 0 aliphatic heterocycles. The lowest BCUT2D eigenvalue weighted by Gasteiger charge is -2.05. The lowest BCUT2D eigenvalue weighted by Crippen LogP contribution is -2.11. The summed E-state index contributed by atoms with van der Waals surface area (Å²) in [6, 6.07) is 17.4. The lowest BCUT2D eigenvalue weighted by atomic mass is 10.2. The van der Waals surface area contributed by atoms with Crippen LogP contribution in [0.15, 0.2) is 67.0 Å². The summed E-state index contributed by atoms with van der Waals surface area (Å²) in [5.74, 6) is 1.13. The molecule has 134 valence electrons. The van der Waals surface area contributed by atoms with Crippen molar-refractivity contribution in [2.75, 3.05) is 5.32 Å². The van der Waals surface area contributed by atoms with Crippen LogP contribution in [0.1, 0.15) is 21.7 Å². The number of aryl methyl sites for hydroxylation is 1. The quantitative estimate of drug-likeness (QED) is 0.573. The van der Waals surface area contributed by atoms with Crippen molar-refractivity contribution in [1.29, 1.82) is 0 Å². The molecule has 0 saturated carbocycles. The first-order valence-corrected chi connectivity index (χ1v) is 8.54. The second kappa shape index (κ2) is 7.25. The summed E-state index contributed by atoms with van der Waals surface area (Å²) in [5, 5.41) is 14.1. The highest BCUT2D eigenvalue weighted by Gasteiger charge is 2.11. The van der Waals surface area contributed by atoms with Crippen LogP contribution in [0, 0.1) is 6.92 Å². The molecule has 0 atom stereocenters. The predicted molar refractivity (Wildman–Crippen MR) is 102 cm³/mol. The molecule has 0 unspecified atom stereocenters. The number of aromatic amines is 1.